The van der Waals surface area contributed by atoms with E-state index < -0.39 is 12.2 Å². The molecular formula is C13H16O4. The second kappa shape index (κ2) is 4.75. The van der Waals surface area contributed by atoms with Gasteiger partial charge in [-0.15, -0.1) is 0 Å². The molecule has 2 atom stereocenters. The second-order valence-electron chi connectivity index (χ2n) is 4.12. The van der Waals surface area contributed by atoms with Crippen LogP contribution < -0.4 is 9.47 Å². The Hall–Kier alpha value is -1.55. The van der Waals surface area contributed by atoms with Crippen LogP contribution in [0.3, 0.4) is 0 Å². The Morgan fingerprint density at radius 3 is 2.88 bits per heavy atom. The van der Waals surface area contributed by atoms with E-state index in [1.165, 1.54) is 7.11 Å². The van der Waals surface area contributed by atoms with Gasteiger partial charge in [0.2, 0.25) is 0 Å². The van der Waals surface area contributed by atoms with E-state index in [1.807, 2.05) is 6.92 Å². The van der Waals surface area contributed by atoms with Crippen LogP contribution in [-0.2, 0) is 0 Å². The summed E-state index contributed by atoms with van der Waals surface area (Å²) < 4.78 is 10.7. The number of Topliss-reactive ketones (excluding diaryl/α,β-unsaturated/α-hetero) is 1. The molecule has 4 nitrogen and oxygen atoms in total. The maximum Gasteiger partial charge on any atom is 0.198 e. The third-order valence-corrected chi connectivity index (χ3v) is 2.92. The predicted octanol–water partition coefficient (Wildman–Crippen LogP) is 1.80. The summed E-state index contributed by atoms with van der Waals surface area (Å²) in [5.74, 6) is 0.824. The summed E-state index contributed by atoms with van der Waals surface area (Å²) in [4.78, 5) is 12.0. The number of aliphatic hydroxyl groups excluding tert-OH is 1. The van der Waals surface area contributed by atoms with E-state index in [-0.39, 0.29) is 5.78 Å². The van der Waals surface area contributed by atoms with Crippen molar-refractivity contribution in [2.24, 2.45) is 0 Å². The molecule has 1 N–H and O–H groups in total. The van der Waals surface area contributed by atoms with Crippen molar-refractivity contribution >= 4 is 5.78 Å². The first-order chi connectivity index (χ1) is 8.17. The van der Waals surface area contributed by atoms with Gasteiger partial charge in [-0.05, 0) is 24.6 Å². The van der Waals surface area contributed by atoms with E-state index in [2.05, 4.69) is 0 Å². The van der Waals surface area contributed by atoms with E-state index in [4.69, 9.17) is 9.47 Å². The molecule has 92 valence electrons. The van der Waals surface area contributed by atoms with Gasteiger partial charge < -0.3 is 14.6 Å². The molecule has 17 heavy (non-hydrogen) atoms. The third kappa shape index (κ3) is 2.13. The number of ketones is 1. The van der Waals surface area contributed by atoms with Crippen molar-refractivity contribution in [3.63, 3.8) is 0 Å². The summed E-state index contributed by atoms with van der Waals surface area (Å²) in [6.45, 7) is 1.99. The van der Waals surface area contributed by atoms with Crippen LogP contribution in [0.1, 0.15) is 30.1 Å². The number of fused-ring (bicyclic) bond motifs is 1. The predicted molar refractivity (Wildman–Crippen MR) is 62.7 cm³/mol. The molecule has 0 amide bonds. The van der Waals surface area contributed by atoms with Crippen molar-refractivity contribution in [3.05, 3.63) is 23.8 Å². The normalized spacial score (nSPS) is 22.9. The van der Waals surface area contributed by atoms with E-state index in [0.29, 0.717) is 23.5 Å². The van der Waals surface area contributed by atoms with Gasteiger partial charge in [-0.3, -0.25) is 4.79 Å². The van der Waals surface area contributed by atoms with Crippen LogP contribution in [0.25, 0.3) is 0 Å². The first kappa shape index (κ1) is 11.9. The molecule has 1 aliphatic rings. The lowest BCUT2D eigenvalue weighted by Gasteiger charge is -2.29. The molecule has 0 radical (unpaired) electrons. The Morgan fingerprint density at radius 2 is 2.24 bits per heavy atom. The number of ether oxygens (including phenoxy) is 2. The van der Waals surface area contributed by atoms with Crippen molar-refractivity contribution in [2.45, 2.75) is 32.0 Å². The molecule has 0 unspecified atom stereocenters. The van der Waals surface area contributed by atoms with Gasteiger partial charge in [0.15, 0.2) is 11.9 Å². The lowest BCUT2D eigenvalue weighted by atomic mass is 9.95. The summed E-state index contributed by atoms with van der Waals surface area (Å²) in [7, 11) is 1.53. The fourth-order valence-corrected chi connectivity index (χ4v) is 1.99. The highest BCUT2D eigenvalue weighted by Gasteiger charge is 2.35. The highest BCUT2D eigenvalue weighted by molar-refractivity contribution is 6.03. The van der Waals surface area contributed by atoms with Crippen LogP contribution >= 0.6 is 0 Å². The van der Waals surface area contributed by atoms with Crippen molar-refractivity contribution in [1.82, 2.24) is 0 Å². The van der Waals surface area contributed by atoms with Gasteiger partial charge in [-0.25, -0.2) is 0 Å². The number of rotatable bonds is 3. The summed E-state index contributed by atoms with van der Waals surface area (Å²) in [5, 5.41) is 9.86. The number of methoxy groups -OCH3 is 1. The van der Waals surface area contributed by atoms with E-state index in [0.717, 1.165) is 6.42 Å². The average molecular weight is 236 g/mol. The largest absolute Gasteiger partial charge is 0.497 e. The molecule has 2 rings (SSSR count). The Kier molecular flexibility index (Phi) is 3.33. The highest BCUT2D eigenvalue weighted by Crippen LogP contribution is 2.32. The number of aliphatic hydroxyl groups is 1. The zero-order valence-electron chi connectivity index (χ0n) is 9.97. The minimum atomic E-state index is -1.07. The maximum absolute atomic E-state index is 12.0. The highest BCUT2D eigenvalue weighted by atomic mass is 16.5. The van der Waals surface area contributed by atoms with E-state index in [9.17, 15) is 9.90 Å². The van der Waals surface area contributed by atoms with Crippen LogP contribution in [-0.4, -0.2) is 30.2 Å². The van der Waals surface area contributed by atoms with E-state index >= 15 is 0 Å². The SMILES string of the molecule is CCC[C@H]1Oc2ccc(OC)cc2C(=O)[C@@H]1O. The van der Waals surface area contributed by atoms with Crippen molar-refractivity contribution in [2.75, 3.05) is 7.11 Å². The number of carbonyl (C=O) groups is 1. The van der Waals surface area contributed by atoms with Crippen LogP contribution in [0.15, 0.2) is 18.2 Å². The molecule has 1 aromatic rings. The molecule has 0 bridgehead atoms. The van der Waals surface area contributed by atoms with Gasteiger partial charge in [-0.1, -0.05) is 13.3 Å². The molecule has 1 aliphatic heterocycles. The molecule has 1 heterocycles. The molecule has 0 spiro atoms. The Labute approximate surface area is 100 Å². The lowest BCUT2D eigenvalue weighted by Crippen LogP contribution is -2.42. The summed E-state index contributed by atoms with van der Waals surface area (Å²) in [6.07, 6.45) is 0.0155. The standard InChI is InChI=1S/C13H16O4/c1-3-4-11-13(15)12(14)9-7-8(16-2)5-6-10(9)17-11/h5-7,11,13,15H,3-4H2,1-2H3/t11-,13-/m1/s1. The quantitative estimate of drug-likeness (QED) is 0.869. The van der Waals surface area contributed by atoms with Crippen molar-refractivity contribution < 1.29 is 19.4 Å². The number of carbonyl (C=O) groups excluding carboxylic acids is 1. The van der Waals surface area contributed by atoms with Crippen LogP contribution in [0.4, 0.5) is 0 Å². The zero-order chi connectivity index (χ0) is 12.4. The fourth-order valence-electron chi connectivity index (χ4n) is 1.99. The minimum Gasteiger partial charge on any atom is -0.497 e. The topological polar surface area (TPSA) is 55.8 Å². The third-order valence-electron chi connectivity index (χ3n) is 2.92. The van der Waals surface area contributed by atoms with Gasteiger partial charge in [0, 0.05) is 0 Å². The lowest BCUT2D eigenvalue weighted by molar-refractivity contribution is 0.0191. The van der Waals surface area contributed by atoms with Gasteiger partial charge >= 0.3 is 0 Å². The molecule has 0 aliphatic carbocycles. The maximum atomic E-state index is 12.0. The first-order valence-electron chi connectivity index (χ1n) is 5.74. The summed E-state index contributed by atoms with van der Waals surface area (Å²) in [6, 6.07) is 5.05. The average Bonchev–Trinajstić information content (AvgIpc) is 2.35. The molecule has 4 heteroatoms. The molecule has 1 aromatic carbocycles. The minimum absolute atomic E-state index is 0.288. The second-order valence-corrected chi connectivity index (χ2v) is 4.12. The Bertz CT molecular complexity index is 427. The van der Waals surface area contributed by atoms with Crippen LogP contribution in [0.2, 0.25) is 0 Å². The molecular weight excluding hydrogens is 220 g/mol. The monoisotopic (exact) mass is 236 g/mol. The van der Waals surface area contributed by atoms with E-state index in [1.54, 1.807) is 18.2 Å². The number of hydrogen-bond donors (Lipinski definition) is 1. The van der Waals surface area contributed by atoms with Gasteiger partial charge in [0.1, 0.15) is 17.6 Å². The van der Waals surface area contributed by atoms with Crippen molar-refractivity contribution in [1.29, 1.82) is 0 Å². The van der Waals surface area contributed by atoms with Gasteiger partial charge in [-0.2, -0.15) is 0 Å². The Morgan fingerprint density at radius 1 is 1.47 bits per heavy atom. The molecule has 0 fully saturated rings. The molecule has 0 saturated heterocycles. The summed E-state index contributed by atoms with van der Waals surface area (Å²) >= 11 is 0. The molecule has 0 saturated carbocycles. The zero-order valence-corrected chi connectivity index (χ0v) is 9.97. The number of hydrogen-bond acceptors (Lipinski definition) is 4. The van der Waals surface area contributed by atoms with Crippen LogP contribution in [0.5, 0.6) is 11.5 Å². The first-order valence-corrected chi connectivity index (χ1v) is 5.74. The van der Waals surface area contributed by atoms with Crippen molar-refractivity contribution in [3.8, 4) is 11.5 Å². The van der Waals surface area contributed by atoms with Crippen LogP contribution in [0, 0.1) is 0 Å². The number of benzene rings is 1. The van der Waals surface area contributed by atoms with Gasteiger partial charge in [0.25, 0.3) is 0 Å². The smallest absolute Gasteiger partial charge is 0.198 e. The Balaban J connectivity index is 2.35. The molecule has 0 aromatic heterocycles. The fraction of sp³-hybridized carbons (Fsp3) is 0.462. The summed E-state index contributed by atoms with van der Waals surface area (Å²) in [5.41, 5.74) is 0.393. The van der Waals surface area contributed by atoms with Gasteiger partial charge in [0.05, 0.1) is 12.7 Å².